The summed E-state index contributed by atoms with van der Waals surface area (Å²) in [5.74, 6) is 0. The van der Waals surface area contributed by atoms with Crippen LogP contribution in [0.25, 0.3) is 0 Å². The van der Waals surface area contributed by atoms with Gasteiger partial charge in [0.1, 0.15) is 0 Å². The maximum atomic E-state index is 2.48. The lowest BCUT2D eigenvalue weighted by molar-refractivity contribution is -0.914. The van der Waals surface area contributed by atoms with Crippen molar-refractivity contribution in [2.45, 2.75) is 90.4 Å². The van der Waals surface area contributed by atoms with E-state index >= 15 is 0 Å². The van der Waals surface area contributed by atoms with E-state index < -0.39 is 0 Å². The molecule has 1 saturated heterocycles. The highest BCUT2D eigenvalue weighted by Crippen LogP contribution is 2.18. The second kappa shape index (κ2) is 13.1. The number of likely N-dealkylation sites (tertiary alicyclic amines) is 1. The molecule has 1 aliphatic rings. The average molecular weight is 348 g/mol. The van der Waals surface area contributed by atoms with Gasteiger partial charge in [0, 0.05) is 0 Å². The summed E-state index contributed by atoms with van der Waals surface area (Å²) in [5.41, 5.74) is 0. The fraction of sp³-hybridized carbons (Fsp3) is 1.00. The van der Waals surface area contributed by atoms with Crippen LogP contribution in [0.15, 0.2) is 0 Å². The Hall–Kier alpha value is 0.440. The maximum absolute atomic E-state index is 2.48. The lowest BCUT2D eigenvalue weighted by Gasteiger charge is -2.37. The predicted octanol–water partition coefficient (Wildman–Crippen LogP) is 2.54. The summed E-state index contributed by atoms with van der Waals surface area (Å²) in [6, 6.07) is 0. The molecule has 0 aromatic rings. The molecule has 1 fully saturated rings. The predicted molar refractivity (Wildman–Crippen MR) is 86.5 cm³/mol. The number of hydrogen-bond acceptors (Lipinski definition) is 0. The zero-order chi connectivity index (χ0) is 13.8. The van der Waals surface area contributed by atoms with E-state index in [1.165, 1.54) is 108 Å². The van der Waals surface area contributed by atoms with Crippen LogP contribution in [0.4, 0.5) is 0 Å². The number of piperidine rings is 1. The minimum atomic E-state index is 0. The Kier molecular flexibility index (Phi) is 13.4. The van der Waals surface area contributed by atoms with E-state index in [9.17, 15) is 0 Å². The van der Waals surface area contributed by atoms with E-state index in [-0.39, 0.29) is 17.0 Å². The van der Waals surface area contributed by atoms with Gasteiger partial charge >= 0.3 is 0 Å². The highest BCUT2D eigenvalue weighted by atomic mass is 79.9. The number of rotatable bonds is 11. The van der Waals surface area contributed by atoms with Crippen molar-refractivity contribution >= 4 is 0 Å². The van der Waals surface area contributed by atoms with Crippen molar-refractivity contribution in [1.29, 1.82) is 0 Å². The second-order valence-electron chi connectivity index (χ2n) is 7.03. The second-order valence-corrected chi connectivity index (χ2v) is 7.03. The average Bonchev–Trinajstić information content (AvgIpc) is 2.42. The Morgan fingerprint density at radius 3 is 1.60 bits per heavy atom. The van der Waals surface area contributed by atoms with Gasteiger partial charge in [-0.25, -0.2) is 0 Å². The third-order valence-corrected chi connectivity index (χ3v) is 4.95. The molecule has 0 amide bonds. The zero-order valence-corrected chi connectivity index (χ0v) is 15.7. The van der Waals surface area contributed by atoms with E-state index in [1.807, 2.05) is 0 Å². The number of hydrogen-bond donors (Lipinski definition) is 0. The van der Waals surface area contributed by atoms with Gasteiger partial charge in [-0.3, -0.25) is 0 Å². The highest BCUT2D eigenvalue weighted by Gasteiger charge is 2.23. The first-order valence-electron chi connectivity index (χ1n) is 9.10. The van der Waals surface area contributed by atoms with Gasteiger partial charge in [0.05, 0.1) is 26.7 Å². The Labute approximate surface area is 138 Å². The first-order valence-corrected chi connectivity index (χ1v) is 9.10. The lowest BCUT2D eigenvalue weighted by Crippen LogP contribution is -3.00. The molecule has 0 N–H and O–H groups in total. The lowest BCUT2D eigenvalue weighted by atomic mass is 10.0. The molecule has 0 aromatic carbocycles. The third-order valence-electron chi connectivity index (χ3n) is 4.95. The molecule has 1 rings (SSSR count). The summed E-state index contributed by atoms with van der Waals surface area (Å²) in [4.78, 5) is 0. The summed E-state index contributed by atoms with van der Waals surface area (Å²) in [6.45, 7) is 6.62. The molecular formula is C18H38BrN. The third kappa shape index (κ3) is 10.2. The van der Waals surface area contributed by atoms with Gasteiger partial charge in [-0.2, -0.15) is 0 Å². The normalized spacial score (nSPS) is 17.7. The first kappa shape index (κ1) is 20.4. The molecule has 1 nitrogen and oxygen atoms in total. The Morgan fingerprint density at radius 1 is 0.650 bits per heavy atom. The van der Waals surface area contributed by atoms with Crippen LogP contribution in [0, 0.1) is 0 Å². The van der Waals surface area contributed by atoms with Gasteiger partial charge < -0.3 is 21.5 Å². The largest absolute Gasteiger partial charge is 1.00 e. The van der Waals surface area contributed by atoms with Crippen LogP contribution in [0.2, 0.25) is 0 Å². The number of unbranched alkanes of at least 4 members (excludes halogenated alkanes) is 9. The number of halogens is 1. The Morgan fingerprint density at radius 2 is 1.10 bits per heavy atom. The van der Waals surface area contributed by atoms with Crippen LogP contribution >= 0.6 is 0 Å². The fourth-order valence-corrected chi connectivity index (χ4v) is 3.48. The summed E-state index contributed by atoms with van der Waals surface area (Å²) >= 11 is 0. The molecular weight excluding hydrogens is 310 g/mol. The summed E-state index contributed by atoms with van der Waals surface area (Å²) < 4.78 is 1.37. The van der Waals surface area contributed by atoms with Crippen LogP contribution in [0.5, 0.6) is 0 Å². The monoisotopic (exact) mass is 347 g/mol. The van der Waals surface area contributed by atoms with Gasteiger partial charge in [0.15, 0.2) is 0 Å². The van der Waals surface area contributed by atoms with Crippen molar-refractivity contribution in [1.82, 2.24) is 0 Å². The molecule has 0 aromatic heterocycles. The van der Waals surface area contributed by atoms with Gasteiger partial charge in [-0.1, -0.05) is 58.3 Å². The molecule has 0 bridgehead atoms. The molecule has 1 heterocycles. The quantitative estimate of drug-likeness (QED) is 0.398. The van der Waals surface area contributed by atoms with E-state index in [0.717, 1.165) is 0 Å². The highest BCUT2D eigenvalue weighted by molar-refractivity contribution is 4.53. The summed E-state index contributed by atoms with van der Waals surface area (Å²) in [5, 5.41) is 0. The van der Waals surface area contributed by atoms with Crippen molar-refractivity contribution in [2.24, 2.45) is 0 Å². The molecule has 1 aliphatic heterocycles. The Bertz CT molecular complexity index is 200. The number of nitrogens with zero attached hydrogens (tertiary/aromatic N) is 1. The van der Waals surface area contributed by atoms with Gasteiger partial charge in [-0.15, -0.1) is 0 Å². The van der Waals surface area contributed by atoms with Crippen LogP contribution in [-0.2, 0) is 0 Å². The molecule has 122 valence electrons. The standard InChI is InChI=1S/C18H38N.BrH/c1-3-4-5-6-7-8-9-10-11-13-16-19(2)17-14-12-15-18-19;/h3-18H2,1-2H3;1H/q+1;/p-1. The smallest absolute Gasteiger partial charge is 0.0784 e. The van der Waals surface area contributed by atoms with Crippen LogP contribution < -0.4 is 17.0 Å². The molecule has 0 saturated carbocycles. The van der Waals surface area contributed by atoms with Crippen LogP contribution in [-0.4, -0.2) is 31.2 Å². The molecule has 0 atom stereocenters. The molecule has 0 unspecified atom stereocenters. The number of quaternary nitrogens is 1. The molecule has 20 heavy (non-hydrogen) atoms. The van der Waals surface area contributed by atoms with Crippen molar-refractivity contribution in [2.75, 3.05) is 26.7 Å². The van der Waals surface area contributed by atoms with E-state index in [1.54, 1.807) is 0 Å². The van der Waals surface area contributed by atoms with E-state index in [2.05, 4.69) is 14.0 Å². The van der Waals surface area contributed by atoms with Crippen molar-refractivity contribution in [3.05, 3.63) is 0 Å². The van der Waals surface area contributed by atoms with Gasteiger partial charge in [-0.05, 0) is 32.1 Å². The zero-order valence-electron chi connectivity index (χ0n) is 14.1. The Balaban J connectivity index is 0.00000361. The maximum Gasteiger partial charge on any atom is 0.0784 e. The molecule has 0 radical (unpaired) electrons. The first-order chi connectivity index (χ1) is 9.27. The fourth-order valence-electron chi connectivity index (χ4n) is 3.48. The minimum absolute atomic E-state index is 0. The van der Waals surface area contributed by atoms with E-state index in [0.29, 0.717) is 0 Å². The molecule has 2 heteroatoms. The van der Waals surface area contributed by atoms with Crippen LogP contribution in [0.1, 0.15) is 90.4 Å². The van der Waals surface area contributed by atoms with Gasteiger partial charge in [0.2, 0.25) is 0 Å². The molecule has 0 aliphatic carbocycles. The van der Waals surface area contributed by atoms with E-state index in [4.69, 9.17) is 0 Å². The summed E-state index contributed by atoms with van der Waals surface area (Å²) in [6.07, 6.45) is 19.0. The van der Waals surface area contributed by atoms with Gasteiger partial charge in [0.25, 0.3) is 0 Å². The van der Waals surface area contributed by atoms with Crippen LogP contribution in [0.3, 0.4) is 0 Å². The minimum Gasteiger partial charge on any atom is -1.00 e. The molecule has 0 spiro atoms. The summed E-state index contributed by atoms with van der Waals surface area (Å²) in [7, 11) is 2.48. The SMILES string of the molecule is CCCCCCCCCCCC[N+]1(C)CCCCC1.[Br-]. The van der Waals surface area contributed by atoms with Crippen molar-refractivity contribution in [3.63, 3.8) is 0 Å². The van der Waals surface area contributed by atoms with Crippen molar-refractivity contribution in [3.8, 4) is 0 Å². The van der Waals surface area contributed by atoms with Crippen molar-refractivity contribution < 1.29 is 21.5 Å². The topological polar surface area (TPSA) is 0 Å².